The summed E-state index contributed by atoms with van der Waals surface area (Å²) in [5, 5.41) is 5.85. The van der Waals surface area contributed by atoms with Gasteiger partial charge in [-0.2, -0.15) is 4.98 Å². The van der Waals surface area contributed by atoms with Crippen LogP contribution in [0.5, 0.6) is 0 Å². The number of anilines is 1. The van der Waals surface area contributed by atoms with Gasteiger partial charge in [-0.3, -0.25) is 4.79 Å². The Hall–Kier alpha value is -2.51. The minimum Gasteiger partial charge on any atom is -0.396 e. The molecule has 0 atom stereocenters. The van der Waals surface area contributed by atoms with Crippen LogP contribution in [0.1, 0.15) is 22.1 Å². The van der Waals surface area contributed by atoms with E-state index < -0.39 is 28.8 Å². The van der Waals surface area contributed by atoms with E-state index in [1.54, 1.807) is 6.92 Å². The molecule has 0 saturated heterocycles. The number of carbonyl (C=O) groups is 1. The number of nitrogen functional groups attached to an aromatic ring is 1. The number of amides is 1. The van der Waals surface area contributed by atoms with E-state index in [0.717, 1.165) is 12.1 Å². The van der Waals surface area contributed by atoms with Gasteiger partial charge in [-0.05, 0) is 19.1 Å². The molecule has 0 saturated carbocycles. The first kappa shape index (κ1) is 12.9. The number of nitrogens with two attached hydrogens (primary N) is 1. The Kier molecular flexibility index (Phi) is 3.41. The SMILES string of the molecule is Cc1noc(CNC(=O)c2cc(F)cc(N)c2F)n1. The van der Waals surface area contributed by atoms with Gasteiger partial charge >= 0.3 is 0 Å². The molecule has 3 N–H and O–H groups in total. The summed E-state index contributed by atoms with van der Waals surface area (Å²) in [4.78, 5) is 15.5. The molecule has 0 bridgehead atoms. The van der Waals surface area contributed by atoms with Crippen LogP contribution in [0.3, 0.4) is 0 Å². The van der Waals surface area contributed by atoms with Crippen molar-refractivity contribution in [3.05, 3.63) is 41.0 Å². The standard InChI is InChI=1S/C11H10F2N4O2/c1-5-16-9(19-17-5)4-15-11(18)7-2-6(12)3-8(14)10(7)13/h2-3H,4,14H2,1H3,(H,15,18). The van der Waals surface area contributed by atoms with Gasteiger partial charge in [0.2, 0.25) is 5.89 Å². The summed E-state index contributed by atoms with van der Waals surface area (Å²) in [7, 11) is 0. The topological polar surface area (TPSA) is 94.0 Å². The molecule has 0 spiro atoms. The van der Waals surface area contributed by atoms with Crippen molar-refractivity contribution in [3.63, 3.8) is 0 Å². The second-order valence-electron chi connectivity index (χ2n) is 3.77. The lowest BCUT2D eigenvalue weighted by atomic mass is 10.1. The maximum Gasteiger partial charge on any atom is 0.254 e. The molecular weight excluding hydrogens is 258 g/mol. The lowest BCUT2D eigenvalue weighted by molar-refractivity contribution is 0.0942. The second-order valence-corrected chi connectivity index (χ2v) is 3.77. The van der Waals surface area contributed by atoms with Gasteiger partial charge in [-0.25, -0.2) is 8.78 Å². The Morgan fingerprint density at radius 3 is 2.84 bits per heavy atom. The maximum absolute atomic E-state index is 13.6. The molecule has 1 amide bonds. The number of carbonyl (C=O) groups excluding carboxylic acids is 1. The Balaban J connectivity index is 2.12. The van der Waals surface area contributed by atoms with Gasteiger partial charge < -0.3 is 15.6 Å². The number of aryl methyl sites for hydroxylation is 1. The van der Waals surface area contributed by atoms with Crippen molar-refractivity contribution >= 4 is 11.6 Å². The van der Waals surface area contributed by atoms with Gasteiger partial charge in [-0.15, -0.1) is 0 Å². The first-order chi connectivity index (χ1) is 8.97. The summed E-state index contributed by atoms with van der Waals surface area (Å²) in [5.41, 5.74) is 4.32. The van der Waals surface area contributed by atoms with E-state index in [1.807, 2.05) is 0 Å². The normalized spacial score (nSPS) is 10.5. The molecule has 0 aliphatic heterocycles. The van der Waals surface area contributed by atoms with E-state index in [0.29, 0.717) is 5.82 Å². The number of nitrogens with zero attached hydrogens (tertiary/aromatic N) is 2. The number of rotatable bonds is 3. The second kappa shape index (κ2) is 5.01. The molecule has 0 fully saturated rings. The predicted molar refractivity (Wildman–Crippen MR) is 61.0 cm³/mol. The molecule has 1 aromatic heterocycles. The van der Waals surface area contributed by atoms with E-state index >= 15 is 0 Å². The van der Waals surface area contributed by atoms with Crippen molar-refractivity contribution in [3.8, 4) is 0 Å². The first-order valence-corrected chi connectivity index (χ1v) is 5.29. The van der Waals surface area contributed by atoms with Crippen molar-refractivity contribution in [1.82, 2.24) is 15.5 Å². The summed E-state index contributed by atoms with van der Waals surface area (Å²) in [6.45, 7) is 1.53. The number of hydrogen-bond acceptors (Lipinski definition) is 5. The Bertz CT molecular complexity index is 627. The molecule has 2 aromatic rings. The van der Waals surface area contributed by atoms with Gasteiger partial charge in [-0.1, -0.05) is 5.16 Å². The number of hydrogen-bond donors (Lipinski definition) is 2. The van der Waals surface area contributed by atoms with Crippen LogP contribution in [-0.2, 0) is 6.54 Å². The van der Waals surface area contributed by atoms with Gasteiger partial charge in [0.1, 0.15) is 5.82 Å². The van der Waals surface area contributed by atoms with Crippen molar-refractivity contribution in [2.75, 3.05) is 5.73 Å². The van der Waals surface area contributed by atoms with Crippen LogP contribution in [0, 0.1) is 18.6 Å². The minimum absolute atomic E-state index is 0.0878. The molecule has 2 rings (SSSR count). The Morgan fingerprint density at radius 1 is 1.47 bits per heavy atom. The van der Waals surface area contributed by atoms with Crippen molar-refractivity contribution in [1.29, 1.82) is 0 Å². The third kappa shape index (κ3) is 2.84. The van der Waals surface area contributed by atoms with Crippen LogP contribution in [0.15, 0.2) is 16.7 Å². The van der Waals surface area contributed by atoms with E-state index in [2.05, 4.69) is 15.5 Å². The molecule has 0 unspecified atom stereocenters. The van der Waals surface area contributed by atoms with Gasteiger partial charge in [0, 0.05) is 0 Å². The summed E-state index contributed by atoms with van der Waals surface area (Å²) in [6.07, 6.45) is 0. The van der Waals surface area contributed by atoms with Gasteiger partial charge in [0.05, 0.1) is 17.8 Å². The molecule has 19 heavy (non-hydrogen) atoms. The molecule has 0 aliphatic rings. The zero-order valence-corrected chi connectivity index (χ0v) is 9.91. The molecule has 1 heterocycles. The summed E-state index contributed by atoms with van der Waals surface area (Å²) in [5.74, 6) is -2.01. The van der Waals surface area contributed by atoms with E-state index in [-0.39, 0.29) is 12.4 Å². The number of halogens is 2. The van der Waals surface area contributed by atoms with Crippen LogP contribution < -0.4 is 11.1 Å². The smallest absolute Gasteiger partial charge is 0.254 e. The fraction of sp³-hybridized carbons (Fsp3) is 0.182. The van der Waals surface area contributed by atoms with E-state index in [4.69, 9.17) is 10.3 Å². The fourth-order valence-corrected chi connectivity index (χ4v) is 1.44. The average molecular weight is 268 g/mol. The highest BCUT2D eigenvalue weighted by Gasteiger charge is 2.16. The molecular formula is C11H10F2N4O2. The van der Waals surface area contributed by atoms with Crippen LogP contribution in [0.2, 0.25) is 0 Å². The molecule has 6 nitrogen and oxygen atoms in total. The van der Waals surface area contributed by atoms with E-state index in [1.165, 1.54) is 0 Å². The third-order valence-electron chi connectivity index (χ3n) is 2.28. The molecule has 1 aromatic carbocycles. The fourth-order valence-electron chi connectivity index (χ4n) is 1.44. The number of aromatic nitrogens is 2. The van der Waals surface area contributed by atoms with Crippen LogP contribution >= 0.6 is 0 Å². The quantitative estimate of drug-likeness (QED) is 0.815. The average Bonchev–Trinajstić information content (AvgIpc) is 2.76. The third-order valence-corrected chi connectivity index (χ3v) is 2.28. The van der Waals surface area contributed by atoms with Crippen molar-refractivity contribution in [2.24, 2.45) is 0 Å². The molecule has 100 valence electrons. The highest BCUT2D eigenvalue weighted by atomic mass is 19.1. The summed E-state index contributed by atoms with van der Waals surface area (Å²) >= 11 is 0. The number of benzene rings is 1. The highest BCUT2D eigenvalue weighted by molar-refractivity contribution is 5.95. The number of nitrogens with one attached hydrogen (secondary N) is 1. The lowest BCUT2D eigenvalue weighted by Gasteiger charge is -2.06. The van der Waals surface area contributed by atoms with Gasteiger partial charge in [0.25, 0.3) is 5.91 Å². The van der Waals surface area contributed by atoms with Crippen LogP contribution in [0.4, 0.5) is 14.5 Å². The first-order valence-electron chi connectivity index (χ1n) is 5.29. The van der Waals surface area contributed by atoms with Crippen molar-refractivity contribution < 1.29 is 18.1 Å². The van der Waals surface area contributed by atoms with Crippen LogP contribution in [-0.4, -0.2) is 16.0 Å². The summed E-state index contributed by atoms with van der Waals surface area (Å²) in [6, 6.07) is 1.56. The Labute approximate surface area is 106 Å². The summed E-state index contributed by atoms with van der Waals surface area (Å²) < 4.78 is 31.4. The maximum atomic E-state index is 13.6. The van der Waals surface area contributed by atoms with Gasteiger partial charge in [0.15, 0.2) is 11.6 Å². The molecule has 0 radical (unpaired) electrons. The predicted octanol–water partition coefficient (Wildman–Crippen LogP) is 1.17. The lowest BCUT2D eigenvalue weighted by Crippen LogP contribution is -2.24. The Morgan fingerprint density at radius 2 is 2.21 bits per heavy atom. The van der Waals surface area contributed by atoms with E-state index in [9.17, 15) is 13.6 Å². The minimum atomic E-state index is -0.972. The zero-order chi connectivity index (χ0) is 14.0. The monoisotopic (exact) mass is 268 g/mol. The molecule has 8 heteroatoms. The van der Waals surface area contributed by atoms with Crippen LogP contribution in [0.25, 0.3) is 0 Å². The highest BCUT2D eigenvalue weighted by Crippen LogP contribution is 2.17. The largest absolute Gasteiger partial charge is 0.396 e. The van der Waals surface area contributed by atoms with Crippen molar-refractivity contribution in [2.45, 2.75) is 13.5 Å². The zero-order valence-electron chi connectivity index (χ0n) is 9.91. The molecule has 0 aliphatic carbocycles.